The largest absolute Gasteiger partial charge is 0.489 e. The Kier molecular flexibility index (Phi) is 8.64. The summed E-state index contributed by atoms with van der Waals surface area (Å²) >= 11 is 0. The van der Waals surface area contributed by atoms with Gasteiger partial charge in [-0.25, -0.2) is 9.67 Å². The van der Waals surface area contributed by atoms with Crippen LogP contribution in [0.1, 0.15) is 89.4 Å². The molecule has 14 heteroatoms. The predicted molar refractivity (Wildman–Crippen MR) is 165 cm³/mol. The van der Waals surface area contributed by atoms with Crippen LogP contribution >= 0.6 is 0 Å². The van der Waals surface area contributed by atoms with E-state index in [1.165, 1.54) is 7.11 Å². The van der Waals surface area contributed by atoms with Gasteiger partial charge in [0.1, 0.15) is 11.4 Å². The van der Waals surface area contributed by atoms with Crippen molar-refractivity contribution in [3.63, 3.8) is 0 Å². The number of hydrogen-bond acceptors (Lipinski definition) is 12. The van der Waals surface area contributed by atoms with E-state index in [0.717, 1.165) is 49.8 Å². The molecule has 0 aromatic carbocycles. The molecule has 13 nitrogen and oxygen atoms in total. The fourth-order valence-corrected chi connectivity index (χ4v) is 6.49. The van der Waals surface area contributed by atoms with Gasteiger partial charge in [-0.15, -0.1) is 5.10 Å². The van der Waals surface area contributed by atoms with Crippen LogP contribution in [-0.2, 0) is 32.4 Å². The molecule has 1 aliphatic heterocycles. The number of methoxy groups -OCH3 is 1. The second kappa shape index (κ2) is 12.4. The number of nitrogens with one attached hydrogen (secondary N) is 1. The van der Waals surface area contributed by atoms with Gasteiger partial charge in [0.05, 0.1) is 54.0 Å². The molecule has 2 atom stereocenters. The maximum absolute atomic E-state index is 12.0. The maximum atomic E-state index is 12.0. The lowest BCUT2D eigenvalue weighted by atomic mass is 9.64. The van der Waals surface area contributed by atoms with Gasteiger partial charge in [0.2, 0.25) is 5.89 Å². The summed E-state index contributed by atoms with van der Waals surface area (Å²) in [5.74, 6) is 2.23. The van der Waals surface area contributed by atoms with Crippen molar-refractivity contribution in [2.24, 2.45) is 18.9 Å². The summed E-state index contributed by atoms with van der Waals surface area (Å²) < 4.78 is 30.9. The molecule has 0 unspecified atom stereocenters. The first-order valence-electron chi connectivity index (χ1n) is 16.0. The van der Waals surface area contributed by atoms with Gasteiger partial charge < -0.3 is 28.6 Å². The molecule has 1 N–H and O–H groups in total. The van der Waals surface area contributed by atoms with E-state index in [-0.39, 0.29) is 42.2 Å². The highest BCUT2D eigenvalue weighted by Crippen LogP contribution is 2.46. The molecule has 2 aliphatic carbocycles. The van der Waals surface area contributed by atoms with Crippen LogP contribution in [0.5, 0.6) is 5.75 Å². The Morgan fingerprint density at radius 3 is 2.58 bits per heavy atom. The zero-order chi connectivity index (χ0) is 31.9. The zero-order valence-corrected chi connectivity index (χ0v) is 27.3. The molecule has 242 valence electrons. The van der Waals surface area contributed by atoms with Gasteiger partial charge in [-0.3, -0.25) is 4.79 Å². The molecular weight excluding hydrogens is 577 g/mol. The number of carbonyl (C=O) groups excluding carboxylic acids is 1. The number of aromatic nitrogens is 6. The van der Waals surface area contributed by atoms with Crippen LogP contribution in [-0.4, -0.2) is 67.6 Å². The molecule has 4 heterocycles. The maximum Gasteiger partial charge on any atom is 0.458 e. The summed E-state index contributed by atoms with van der Waals surface area (Å²) in [6, 6.07) is 3.80. The van der Waals surface area contributed by atoms with Crippen molar-refractivity contribution in [1.82, 2.24) is 30.1 Å². The molecule has 3 fully saturated rings. The highest BCUT2D eigenvalue weighted by molar-refractivity contribution is 6.45. The van der Waals surface area contributed by atoms with Crippen molar-refractivity contribution in [3.05, 3.63) is 29.4 Å². The third-order valence-corrected chi connectivity index (χ3v) is 9.95. The van der Waals surface area contributed by atoms with Gasteiger partial charge in [-0.05, 0) is 103 Å². The smallest absolute Gasteiger partial charge is 0.458 e. The lowest BCUT2D eigenvalue weighted by Crippen LogP contribution is -2.41. The summed E-state index contributed by atoms with van der Waals surface area (Å²) in [6.07, 6.45) is 6.07. The van der Waals surface area contributed by atoms with Crippen LogP contribution < -0.4 is 10.1 Å². The van der Waals surface area contributed by atoms with Gasteiger partial charge in [0.15, 0.2) is 0 Å². The van der Waals surface area contributed by atoms with Crippen molar-refractivity contribution in [1.29, 1.82) is 0 Å². The Hall–Kier alpha value is -3.52. The molecule has 45 heavy (non-hydrogen) atoms. The number of carbonyl (C=O) groups is 1. The number of pyridine rings is 1. The Balaban J connectivity index is 1.03. The average molecular weight is 622 g/mol. The molecule has 3 aliphatic rings. The number of rotatable bonds is 10. The highest BCUT2D eigenvalue weighted by Gasteiger charge is 2.52. The molecule has 3 aromatic rings. The quantitative estimate of drug-likeness (QED) is 0.243. The first-order chi connectivity index (χ1) is 21.4. The number of ether oxygens (including phenoxy) is 2. The number of hydrogen-bond donors (Lipinski definition) is 1. The van der Waals surface area contributed by atoms with E-state index in [4.69, 9.17) is 28.3 Å². The minimum absolute atomic E-state index is 0.0497. The van der Waals surface area contributed by atoms with E-state index in [2.05, 4.69) is 53.5 Å². The Morgan fingerprint density at radius 2 is 1.87 bits per heavy atom. The van der Waals surface area contributed by atoms with Crippen LogP contribution in [0.3, 0.4) is 0 Å². The van der Waals surface area contributed by atoms with E-state index in [1.54, 1.807) is 4.68 Å². The Morgan fingerprint density at radius 1 is 1.11 bits per heavy atom. The van der Waals surface area contributed by atoms with Crippen LogP contribution in [0.4, 0.5) is 5.95 Å². The van der Waals surface area contributed by atoms with Crippen molar-refractivity contribution in [2.75, 3.05) is 12.4 Å². The number of aryl methyl sites for hydroxylation is 2. The number of anilines is 1. The van der Waals surface area contributed by atoms with E-state index in [9.17, 15) is 4.79 Å². The average Bonchev–Trinajstić information content (AvgIpc) is 3.65. The predicted octanol–water partition coefficient (Wildman–Crippen LogP) is 4.88. The lowest BCUT2D eigenvalue weighted by molar-refractivity contribution is -0.147. The zero-order valence-electron chi connectivity index (χ0n) is 27.3. The van der Waals surface area contributed by atoms with Crippen molar-refractivity contribution in [3.8, 4) is 17.1 Å². The Bertz CT molecular complexity index is 1500. The van der Waals surface area contributed by atoms with E-state index >= 15 is 0 Å². The number of nitrogens with zero attached hydrogens (tertiary/aromatic N) is 6. The first kappa shape index (κ1) is 31.5. The summed E-state index contributed by atoms with van der Waals surface area (Å²) in [5.41, 5.74) is 2.32. The molecule has 0 bridgehead atoms. The third kappa shape index (κ3) is 6.58. The second-order valence-electron chi connectivity index (χ2n) is 13.7. The van der Waals surface area contributed by atoms with E-state index in [1.807, 2.05) is 26.1 Å². The van der Waals surface area contributed by atoms with Gasteiger partial charge in [-0.1, -0.05) is 5.21 Å². The first-order valence-corrected chi connectivity index (χ1v) is 16.0. The molecule has 0 radical (unpaired) electrons. The van der Waals surface area contributed by atoms with Crippen LogP contribution in [0.25, 0.3) is 11.4 Å². The minimum atomic E-state index is -0.309. The molecule has 3 aromatic heterocycles. The van der Waals surface area contributed by atoms with Crippen molar-refractivity contribution < 1.29 is 28.1 Å². The Labute approximate surface area is 264 Å². The SMILES string of the molecule is COC(=O)[C@H]1CCC[C@H](Oc2ccc(-c3nnn(C)c3CNc3noc(C4CC(CB5OC(C)(C)C(C)(C)O5)C4)n3)nc2C)C1. The fraction of sp³-hybridized carbons (Fsp3) is 0.677. The molecule has 0 spiro atoms. The van der Waals surface area contributed by atoms with E-state index < -0.39 is 0 Å². The topological polar surface area (TPSA) is 149 Å². The third-order valence-electron chi connectivity index (χ3n) is 9.95. The summed E-state index contributed by atoms with van der Waals surface area (Å²) in [7, 11) is 3.10. The van der Waals surface area contributed by atoms with Crippen LogP contribution in [0, 0.1) is 18.8 Å². The van der Waals surface area contributed by atoms with Crippen LogP contribution in [0.2, 0.25) is 6.32 Å². The van der Waals surface area contributed by atoms with Gasteiger partial charge in [-0.2, -0.15) is 4.98 Å². The summed E-state index contributed by atoms with van der Waals surface area (Å²) in [5, 5.41) is 16.0. The molecule has 6 rings (SSSR count). The standard InChI is InChI=1S/C31H44BN7O6/c1-18-25(42-22-10-8-9-20(15-22)28(40)41-7)12-11-23(34-18)26-24(39(6)38-36-26)17-33-29-35-27(43-37-29)21-13-19(14-21)16-32-44-30(2,3)31(4,5)45-32/h11-12,19-22H,8-10,13-17H2,1-7H3,(H,33,37)/t19?,20-,21?,22-/m0/s1. The fourth-order valence-electron chi connectivity index (χ4n) is 6.49. The van der Waals surface area contributed by atoms with Crippen molar-refractivity contribution in [2.45, 2.75) is 109 Å². The van der Waals surface area contributed by atoms with Crippen LogP contribution in [0.15, 0.2) is 16.7 Å². The monoisotopic (exact) mass is 621 g/mol. The minimum Gasteiger partial charge on any atom is -0.489 e. The normalized spacial score (nSPS) is 25.5. The summed E-state index contributed by atoms with van der Waals surface area (Å²) in [6.45, 7) is 10.6. The van der Waals surface area contributed by atoms with Crippen molar-refractivity contribution >= 4 is 19.0 Å². The van der Waals surface area contributed by atoms with Gasteiger partial charge in [0.25, 0.3) is 5.95 Å². The molecular formula is C31H44BN7O6. The lowest BCUT2D eigenvalue weighted by Gasteiger charge is -2.33. The van der Waals surface area contributed by atoms with E-state index in [0.29, 0.717) is 47.9 Å². The number of esters is 1. The molecule has 2 saturated carbocycles. The van der Waals surface area contributed by atoms with Gasteiger partial charge >= 0.3 is 13.1 Å². The summed E-state index contributed by atoms with van der Waals surface area (Å²) in [4.78, 5) is 21.4. The van der Waals surface area contributed by atoms with Gasteiger partial charge in [0, 0.05) is 13.0 Å². The second-order valence-corrected chi connectivity index (χ2v) is 13.7. The highest BCUT2D eigenvalue weighted by atomic mass is 16.7. The molecule has 1 saturated heterocycles. The molecule has 0 amide bonds.